The molecule has 1 aliphatic carbocycles. The van der Waals surface area contributed by atoms with Crippen molar-refractivity contribution in [3.63, 3.8) is 0 Å². The van der Waals surface area contributed by atoms with Crippen LogP contribution >= 0.6 is 11.6 Å². The van der Waals surface area contributed by atoms with E-state index in [1.807, 2.05) is 13.8 Å². The molecule has 0 heterocycles. The Labute approximate surface area is 66.8 Å². The number of alkyl halides is 1. The first kappa shape index (κ1) is 8.06. The van der Waals surface area contributed by atoms with Crippen LogP contribution in [0.4, 0.5) is 0 Å². The molecule has 0 saturated heterocycles. The molecule has 0 spiro atoms. The molecule has 1 aliphatic rings. The van der Waals surface area contributed by atoms with Gasteiger partial charge < -0.3 is 0 Å². The molecule has 2 heteroatoms. The lowest BCUT2D eigenvalue weighted by atomic mass is 9.93. The lowest BCUT2D eigenvalue weighted by Crippen LogP contribution is -2.27. The second-order valence-electron chi connectivity index (χ2n) is 3.48. The van der Waals surface area contributed by atoms with Crippen LogP contribution in [0, 0.1) is 5.92 Å². The summed E-state index contributed by atoms with van der Waals surface area (Å²) in [5, 5.41) is 0. The third kappa shape index (κ3) is 1.51. The Hall–Kier alpha value is -0.0400. The smallest absolute Gasteiger partial charge is 0.137 e. The van der Waals surface area contributed by atoms with Crippen molar-refractivity contribution in [1.29, 1.82) is 0 Å². The standard InChI is InChI=1S/C8H13ClO/c1-8(2,9)6-4-3-5-7(6)10/h6H,3-5H2,1-2H3. The molecule has 1 saturated carbocycles. The van der Waals surface area contributed by atoms with Gasteiger partial charge in [0.25, 0.3) is 0 Å². The minimum atomic E-state index is -0.326. The molecule has 0 radical (unpaired) electrons. The topological polar surface area (TPSA) is 17.1 Å². The highest BCUT2D eigenvalue weighted by molar-refractivity contribution is 6.25. The Morgan fingerprint density at radius 2 is 2.20 bits per heavy atom. The number of hydrogen-bond donors (Lipinski definition) is 0. The largest absolute Gasteiger partial charge is 0.299 e. The minimum absolute atomic E-state index is 0.106. The zero-order valence-corrected chi connectivity index (χ0v) is 7.24. The second-order valence-corrected chi connectivity index (χ2v) is 4.45. The van der Waals surface area contributed by atoms with Gasteiger partial charge in [-0.2, -0.15) is 0 Å². The average molecular weight is 161 g/mol. The van der Waals surface area contributed by atoms with Crippen molar-refractivity contribution in [3.8, 4) is 0 Å². The summed E-state index contributed by atoms with van der Waals surface area (Å²) in [7, 11) is 0. The highest BCUT2D eigenvalue weighted by atomic mass is 35.5. The van der Waals surface area contributed by atoms with E-state index >= 15 is 0 Å². The van der Waals surface area contributed by atoms with E-state index in [2.05, 4.69) is 0 Å². The Kier molecular flexibility index (Phi) is 2.04. The van der Waals surface area contributed by atoms with E-state index in [-0.39, 0.29) is 10.8 Å². The number of Topliss-reactive ketones (excluding diaryl/α,β-unsaturated/α-hetero) is 1. The first-order chi connectivity index (χ1) is 4.52. The minimum Gasteiger partial charge on any atom is -0.299 e. The molecule has 58 valence electrons. The van der Waals surface area contributed by atoms with Crippen molar-refractivity contribution in [2.45, 2.75) is 38.0 Å². The van der Waals surface area contributed by atoms with Crippen LogP contribution in [0.3, 0.4) is 0 Å². The van der Waals surface area contributed by atoms with E-state index in [1.54, 1.807) is 0 Å². The number of rotatable bonds is 1. The fourth-order valence-corrected chi connectivity index (χ4v) is 1.77. The first-order valence-corrected chi connectivity index (χ1v) is 4.11. The molecule has 0 bridgehead atoms. The van der Waals surface area contributed by atoms with Gasteiger partial charge in [0.05, 0.1) is 0 Å². The van der Waals surface area contributed by atoms with Gasteiger partial charge in [-0.3, -0.25) is 4.79 Å². The Balaban J connectivity index is 2.64. The normalized spacial score (nSPS) is 27.5. The third-order valence-corrected chi connectivity index (χ3v) is 2.40. The van der Waals surface area contributed by atoms with Gasteiger partial charge in [0.2, 0.25) is 0 Å². The summed E-state index contributed by atoms with van der Waals surface area (Å²) in [5.74, 6) is 0.453. The fraction of sp³-hybridized carbons (Fsp3) is 0.875. The van der Waals surface area contributed by atoms with Crippen molar-refractivity contribution >= 4 is 17.4 Å². The molecule has 1 atom stereocenters. The van der Waals surface area contributed by atoms with Gasteiger partial charge in [0, 0.05) is 17.2 Å². The van der Waals surface area contributed by atoms with Crippen LogP contribution < -0.4 is 0 Å². The first-order valence-electron chi connectivity index (χ1n) is 3.73. The van der Waals surface area contributed by atoms with Crippen molar-refractivity contribution < 1.29 is 4.79 Å². The molecule has 0 aliphatic heterocycles. The zero-order chi connectivity index (χ0) is 7.78. The predicted octanol–water partition coefficient (Wildman–Crippen LogP) is 2.37. The number of carbonyl (C=O) groups excluding carboxylic acids is 1. The molecular formula is C8H13ClO. The fourth-order valence-electron chi connectivity index (χ4n) is 1.54. The molecular weight excluding hydrogens is 148 g/mol. The number of ketones is 1. The van der Waals surface area contributed by atoms with Gasteiger partial charge in [0.15, 0.2) is 0 Å². The van der Waals surface area contributed by atoms with Crippen molar-refractivity contribution in [2.75, 3.05) is 0 Å². The van der Waals surface area contributed by atoms with Gasteiger partial charge in [-0.05, 0) is 26.7 Å². The quantitative estimate of drug-likeness (QED) is 0.539. The SMILES string of the molecule is CC(C)(Cl)C1CCCC1=O. The number of halogens is 1. The van der Waals surface area contributed by atoms with Crippen LogP contribution in [0.5, 0.6) is 0 Å². The average Bonchev–Trinajstić information content (AvgIpc) is 2.11. The van der Waals surface area contributed by atoms with Crippen molar-refractivity contribution in [2.24, 2.45) is 5.92 Å². The van der Waals surface area contributed by atoms with E-state index in [9.17, 15) is 4.79 Å². The summed E-state index contributed by atoms with van der Waals surface area (Å²) < 4.78 is 0. The summed E-state index contributed by atoms with van der Waals surface area (Å²) in [4.78, 5) is 10.8. The lowest BCUT2D eigenvalue weighted by Gasteiger charge is -2.21. The van der Waals surface area contributed by atoms with Gasteiger partial charge >= 0.3 is 0 Å². The lowest BCUT2D eigenvalue weighted by molar-refractivity contribution is -0.121. The molecule has 0 aromatic heterocycles. The van der Waals surface area contributed by atoms with Crippen LogP contribution in [0.2, 0.25) is 0 Å². The van der Waals surface area contributed by atoms with E-state index in [1.165, 1.54) is 0 Å². The molecule has 0 amide bonds. The Bertz CT molecular complexity index is 146. The molecule has 0 N–H and O–H groups in total. The molecule has 1 rings (SSSR count). The maximum Gasteiger partial charge on any atom is 0.137 e. The number of hydrogen-bond acceptors (Lipinski definition) is 1. The summed E-state index contributed by atoms with van der Waals surface area (Å²) in [6.07, 6.45) is 2.75. The predicted molar refractivity (Wildman–Crippen MR) is 42.3 cm³/mol. The van der Waals surface area contributed by atoms with Crippen molar-refractivity contribution in [3.05, 3.63) is 0 Å². The summed E-state index contributed by atoms with van der Waals surface area (Å²) in [6.45, 7) is 3.84. The van der Waals surface area contributed by atoms with Crippen molar-refractivity contribution in [1.82, 2.24) is 0 Å². The van der Waals surface area contributed by atoms with E-state index < -0.39 is 0 Å². The number of carbonyl (C=O) groups is 1. The third-order valence-electron chi connectivity index (χ3n) is 2.13. The molecule has 1 fully saturated rings. The molecule has 0 aromatic rings. The monoisotopic (exact) mass is 160 g/mol. The van der Waals surface area contributed by atoms with Gasteiger partial charge in [0.1, 0.15) is 5.78 Å². The summed E-state index contributed by atoms with van der Waals surface area (Å²) in [6, 6.07) is 0. The highest BCUT2D eigenvalue weighted by Crippen LogP contribution is 2.34. The molecule has 10 heavy (non-hydrogen) atoms. The molecule has 1 unspecified atom stereocenters. The Morgan fingerprint density at radius 3 is 2.40 bits per heavy atom. The van der Waals surface area contributed by atoms with Crippen LogP contribution in [0.15, 0.2) is 0 Å². The Morgan fingerprint density at radius 1 is 1.60 bits per heavy atom. The summed E-state index contributed by atoms with van der Waals surface area (Å²) in [5.41, 5.74) is 0. The zero-order valence-electron chi connectivity index (χ0n) is 6.48. The highest BCUT2D eigenvalue weighted by Gasteiger charge is 2.35. The molecule has 0 aromatic carbocycles. The summed E-state index contributed by atoms with van der Waals surface area (Å²) >= 11 is 6.01. The van der Waals surface area contributed by atoms with Gasteiger partial charge in [-0.15, -0.1) is 11.6 Å². The van der Waals surface area contributed by atoms with Crippen LogP contribution in [0.25, 0.3) is 0 Å². The van der Waals surface area contributed by atoms with Gasteiger partial charge in [-0.25, -0.2) is 0 Å². The van der Waals surface area contributed by atoms with Crippen LogP contribution in [0.1, 0.15) is 33.1 Å². The second kappa shape index (κ2) is 2.54. The van der Waals surface area contributed by atoms with Crippen LogP contribution in [-0.2, 0) is 4.79 Å². The van der Waals surface area contributed by atoms with Gasteiger partial charge in [-0.1, -0.05) is 0 Å². The van der Waals surface area contributed by atoms with Crippen LogP contribution in [-0.4, -0.2) is 10.7 Å². The van der Waals surface area contributed by atoms with E-state index in [0.717, 1.165) is 19.3 Å². The maximum atomic E-state index is 11.1. The maximum absolute atomic E-state index is 11.1. The van der Waals surface area contributed by atoms with E-state index in [0.29, 0.717) is 5.78 Å². The molecule has 1 nitrogen and oxygen atoms in total. The van der Waals surface area contributed by atoms with E-state index in [4.69, 9.17) is 11.6 Å².